The number of fused-ring (bicyclic) bond motifs is 1. The van der Waals surface area contributed by atoms with Crippen LogP contribution in [0.2, 0.25) is 0 Å². The van der Waals surface area contributed by atoms with Gasteiger partial charge in [-0.25, -0.2) is 4.68 Å². The Bertz CT molecular complexity index is 643. The van der Waals surface area contributed by atoms with Crippen LogP contribution in [0.25, 0.3) is 0 Å². The molecular weight excluding hydrogens is 290 g/mol. The van der Waals surface area contributed by atoms with Gasteiger partial charge in [0.15, 0.2) is 5.82 Å². The Labute approximate surface area is 136 Å². The lowest BCUT2D eigenvalue weighted by Crippen LogP contribution is -2.30. The second-order valence-corrected chi connectivity index (χ2v) is 6.89. The van der Waals surface area contributed by atoms with Crippen LogP contribution in [0.4, 0.5) is 0 Å². The molecule has 1 atom stereocenters. The fourth-order valence-corrected chi connectivity index (χ4v) is 4.02. The molecule has 0 bridgehead atoms. The van der Waals surface area contributed by atoms with Gasteiger partial charge in [-0.3, -0.25) is 4.90 Å². The van der Waals surface area contributed by atoms with E-state index in [2.05, 4.69) is 38.1 Å². The van der Waals surface area contributed by atoms with Gasteiger partial charge in [-0.1, -0.05) is 19.3 Å². The second-order valence-electron chi connectivity index (χ2n) is 6.89. The maximum Gasteiger partial charge on any atom is 0.168 e. The van der Waals surface area contributed by atoms with Crippen LogP contribution in [-0.2, 0) is 13.0 Å². The first kappa shape index (κ1) is 14.9. The van der Waals surface area contributed by atoms with E-state index in [1.165, 1.54) is 37.7 Å². The van der Waals surface area contributed by atoms with Crippen LogP contribution in [0, 0.1) is 0 Å². The van der Waals surface area contributed by atoms with Gasteiger partial charge in [0, 0.05) is 18.5 Å². The van der Waals surface area contributed by atoms with Gasteiger partial charge < -0.3 is 4.42 Å². The van der Waals surface area contributed by atoms with E-state index in [-0.39, 0.29) is 6.04 Å². The van der Waals surface area contributed by atoms with E-state index in [9.17, 15) is 0 Å². The molecule has 0 spiro atoms. The molecule has 1 saturated carbocycles. The lowest BCUT2D eigenvalue weighted by atomic mass is 9.95. The Morgan fingerprint density at radius 2 is 2.09 bits per heavy atom. The number of hydrogen-bond donors (Lipinski definition) is 0. The summed E-state index contributed by atoms with van der Waals surface area (Å²) >= 11 is 0. The van der Waals surface area contributed by atoms with Crippen LogP contribution in [0.15, 0.2) is 16.7 Å². The normalized spacial score (nSPS) is 21.8. The number of aromatic nitrogens is 4. The number of furan rings is 1. The van der Waals surface area contributed by atoms with Crippen molar-refractivity contribution in [2.24, 2.45) is 0 Å². The topological polar surface area (TPSA) is 60.0 Å². The van der Waals surface area contributed by atoms with Gasteiger partial charge in [-0.05, 0) is 49.2 Å². The quantitative estimate of drug-likeness (QED) is 0.870. The molecule has 1 aliphatic heterocycles. The van der Waals surface area contributed by atoms with Crippen molar-refractivity contribution < 1.29 is 4.42 Å². The van der Waals surface area contributed by atoms with Crippen molar-refractivity contribution in [2.45, 2.75) is 70.5 Å². The fourth-order valence-electron chi connectivity index (χ4n) is 4.02. The fraction of sp³-hybridized carbons (Fsp3) is 0.706. The molecule has 124 valence electrons. The Kier molecular flexibility index (Phi) is 4.16. The van der Waals surface area contributed by atoms with Crippen LogP contribution >= 0.6 is 0 Å². The Morgan fingerprint density at radius 1 is 1.22 bits per heavy atom. The van der Waals surface area contributed by atoms with Crippen molar-refractivity contribution in [2.75, 3.05) is 6.54 Å². The molecule has 2 aliphatic rings. The number of rotatable bonds is 3. The van der Waals surface area contributed by atoms with Gasteiger partial charge in [0.1, 0.15) is 5.76 Å². The minimum Gasteiger partial charge on any atom is -0.469 e. The van der Waals surface area contributed by atoms with Crippen LogP contribution in [0.5, 0.6) is 0 Å². The molecule has 4 rings (SSSR count). The van der Waals surface area contributed by atoms with Gasteiger partial charge in [-0.2, -0.15) is 0 Å². The van der Waals surface area contributed by atoms with Crippen molar-refractivity contribution in [1.29, 1.82) is 0 Å². The molecule has 3 heterocycles. The van der Waals surface area contributed by atoms with Crippen LogP contribution in [0.3, 0.4) is 0 Å². The maximum atomic E-state index is 5.60. The van der Waals surface area contributed by atoms with E-state index in [4.69, 9.17) is 4.42 Å². The second kappa shape index (κ2) is 6.43. The summed E-state index contributed by atoms with van der Waals surface area (Å²) in [6, 6.07) is 2.81. The molecule has 0 aromatic carbocycles. The van der Waals surface area contributed by atoms with E-state index in [1.54, 1.807) is 0 Å². The van der Waals surface area contributed by atoms with Crippen molar-refractivity contribution in [3.05, 3.63) is 29.5 Å². The minimum atomic E-state index is 0.229. The van der Waals surface area contributed by atoms with Gasteiger partial charge >= 0.3 is 0 Å². The molecule has 1 aliphatic carbocycles. The highest BCUT2D eigenvalue weighted by atomic mass is 16.3. The van der Waals surface area contributed by atoms with Crippen LogP contribution in [-0.4, -0.2) is 31.7 Å². The first-order valence-electron chi connectivity index (χ1n) is 8.90. The molecule has 6 nitrogen and oxygen atoms in total. The number of hydrogen-bond acceptors (Lipinski definition) is 5. The highest BCUT2D eigenvalue weighted by molar-refractivity contribution is 5.18. The lowest BCUT2D eigenvalue weighted by molar-refractivity contribution is 0.184. The van der Waals surface area contributed by atoms with Gasteiger partial charge in [-0.15, -0.1) is 5.10 Å². The first-order valence-corrected chi connectivity index (χ1v) is 8.90. The summed E-state index contributed by atoms with van der Waals surface area (Å²) in [6.45, 7) is 4.21. The average molecular weight is 315 g/mol. The van der Waals surface area contributed by atoms with E-state index in [0.29, 0.717) is 6.04 Å². The maximum absolute atomic E-state index is 5.60. The zero-order chi connectivity index (χ0) is 15.6. The summed E-state index contributed by atoms with van der Waals surface area (Å²) < 4.78 is 7.70. The van der Waals surface area contributed by atoms with Crippen LogP contribution in [0.1, 0.15) is 74.7 Å². The summed E-state index contributed by atoms with van der Waals surface area (Å²) in [5, 5.41) is 12.7. The molecule has 2 aromatic heterocycles. The molecular formula is C17H25N5O. The van der Waals surface area contributed by atoms with Gasteiger partial charge in [0.25, 0.3) is 0 Å². The predicted molar refractivity (Wildman–Crippen MR) is 85.8 cm³/mol. The lowest BCUT2D eigenvalue weighted by Gasteiger charge is -2.29. The number of nitrogens with zero attached hydrogens (tertiary/aromatic N) is 5. The van der Waals surface area contributed by atoms with Gasteiger partial charge in [0.05, 0.1) is 18.3 Å². The predicted octanol–water partition coefficient (Wildman–Crippen LogP) is 3.28. The van der Waals surface area contributed by atoms with E-state index < -0.39 is 0 Å². The molecule has 2 aromatic rings. The molecule has 0 saturated heterocycles. The summed E-state index contributed by atoms with van der Waals surface area (Å²) in [5.41, 5.74) is 1.31. The van der Waals surface area contributed by atoms with E-state index >= 15 is 0 Å². The first-order chi connectivity index (χ1) is 11.3. The third kappa shape index (κ3) is 2.92. The zero-order valence-corrected chi connectivity index (χ0v) is 13.8. The Hall–Kier alpha value is -1.69. The Balaban J connectivity index is 1.55. The molecule has 1 fully saturated rings. The summed E-state index contributed by atoms with van der Waals surface area (Å²) in [7, 11) is 0. The van der Waals surface area contributed by atoms with Crippen molar-refractivity contribution in [3.63, 3.8) is 0 Å². The molecule has 0 amide bonds. The third-order valence-electron chi connectivity index (χ3n) is 5.42. The molecule has 0 radical (unpaired) electrons. The summed E-state index contributed by atoms with van der Waals surface area (Å²) in [6.07, 6.45) is 10.3. The largest absolute Gasteiger partial charge is 0.469 e. The summed E-state index contributed by atoms with van der Waals surface area (Å²) in [4.78, 5) is 2.48. The highest BCUT2D eigenvalue weighted by Crippen LogP contribution is 2.31. The van der Waals surface area contributed by atoms with Crippen molar-refractivity contribution in [1.82, 2.24) is 25.1 Å². The molecule has 23 heavy (non-hydrogen) atoms. The van der Waals surface area contributed by atoms with E-state index in [0.717, 1.165) is 37.5 Å². The Morgan fingerprint density at radius 3 is 2.96 bits per heavy atom. The van der Waals surface area contributed by atoms with Crippen molar-refractivity contribution >= 4 is 0 Å². The smallest absolute Gasteiger partial charge is 0.168 e. The average Bonchev–Trinajstić information content (AvgIpc) is 3.20. The van der Waals surface area contributed by atoms with Crippen LogP contribution < -0.4 is 0 Å². The summed E-state index contributed by atoms with van der Waals surface area (Å²) in [5.74, 6) is 2.16. The monoisotopic (exact) mass is 315 g/mol. The standard InChI is InChI=1S/C17H25N5O/c1-13(21-10-5-8-16-14(12-21)9-11-23-16)17-18-19-20-22(17)15-6-3-2-4-7-15/h9,11,13,15H,2-8,10,12H2,1H3. The highest BCUT2D eigenvalue weighted by Gasteiger charge is 2.28. The SMILES string of the molecule is CC(c1nnnn1C1CCCCC1)N1CCCc2occc2C1. The molecule has 1 unspecified atom stereocenters. The van der Waals surface area contributed by atoms with Gasteiger partial charge in [0.2, 0.25) is 0 Å². The molecule has 0 N–H and O–H groups in total. The minimum absolute atomic E-state index is 0.229. The zero-order valence-electron chi connectivity index (χ0n) is 13.8. The third-order valence-corrected chi connectivity index (χ3v) is 5.42. The number of aryl methyl sites for hydroxylation is 1. The molecule has 6 heteroatoms. The number of tetrazole rings is 1. The van der Waals surface area contributed by atoms with Crippen molar-refractivity contribution in [3.8, 4) is 0 Å². The van der Waals surface area contributed by atoms with E-state index in [1.807, 2.05) is 6.26 Å².